The second kappa shape index (κ2) is 8.52. The molecule has 1 aromatic carbocycles. The van der Waals surface area contributed by atoms with Crippen molar-refractivity contribution in [3.05, 3.63) is 39.7 Å². The van der Waals surface area contributed by atoms with Crippen LogP contribution in [0.15, 0.2) is 30.6 Å². The van der Waals surface area contributed by atoms with Crippen molar-refractivity contribution in [2.45, 2.75) is 18.9 Å². The lowest BCUT2D eigenvalue weighted by atomic mass is 10.0. The fraction of sp³-hybridized carbons (Fsp3) is 0.389. The first-order chi connectivity index (χ1) is 12.6. The van der Waals surface area contributed by atoms with E-state index in [1.54, 1.807) is 38.7 Å². The molecule has 0 aliphatic carbocycles. The summed E-state index contributed by atoms with van der Waals surface area (Å²) in [7, 11) is 3.14. The molecule has 0 bridgehead atoms. The number of hydrogen-bond donors (Lipinski definition) is 1. The van der Waals surface area contributed by atoms with Crippen molar-refractivity contribution >= 4 is 34.4 Å². The van der Waals surface area contributed by atoms with Gasteiger partial charge >= 0.3 is 0 Å². The standard InChI is InChI=1S/C18H21IN4O3/c1-25-15-10-13(14(19)11-16(15)26-2)17(24)22-12-4-8-23(9-5-12)18-20-6-3-7-21-18/h3,6-7,10-12H,4-5,8-9H2,1-2H3,(H,22,24). The Morgan fingerprint density at radius 1 is 1.15 bits per heavy atom. The lowest BCUT2D eigenvalue weighted by Crippen LogP contribution is -2.45. The molecule has 2 aromatic rings. The molecule has 26 heavy (non-hydrogen) atoms. The van der Waals surface area contributed by atoms with Crippen LogP contribution < -0.4 is 19.7 Å². The highest BCUT2D eigenvalue weighted by Crippen LogP contribution is 2.31. The molecule has 0 saturated carbocycles. The van der Waals surface area contributed by atoms with Crippen molar-refractivity contribution in [1.29, 1.82) is 0 Å². The molecule has 0 radical (unpaired) electrons. The number of amides is 1. The van der Waals surface area contributed by atoms with Crippen LogP contribution in [0.4, 0.5) is 5.95 Å². The first-order valence-electron chi connectivity index (χ1n) is 8.36. The van der Waals surface area contributed by atoms with Crippen LogP contribution in [0.1, 0.15) is 23.2 Å². The van der Waals surface area contributed by atoms with E-state index in [0.29, 0.717) is 17.1 Å². The summed E-state index contributed by atoms with van der Waals surface area (Å²) in [4.78, 5) is 23.4. The van der Waals surface area contributed by atoms with Gasteiger partial charge in [0.25, 0.3) is 5.91 Å². The number of anilines is 1. The summed E-state index contributed by atoms with van der Waals surface area (Å²) in [6, 6.07) is 5.47. The molecule has 138 valence electrons. The minimum absolute atomic E-state index is 0.0928. The lowest BCUT2D eigenvalue weighted by Gasteiger charge is -2.32. The molecule has 1 aromatic heterocycles. The Morgan fingerprint density at radius 3 is 2.38 bits per heavy atom. The van der Waals surface area contributed by atoms with E-state index < -0.39 is 0 Å². The number of carbonyl (C=O) groups excluding carboxylic acids is 1. The molecule has 1 aliphatic rings. The van der Waals surface area contributed by atoms with Crippen LogP contribution in [0, 0.1) is 3.57 Å². The minimum atomic E-state index is -0.0928. The predicted molar refractivity (Wildman–Crippen MR) is 107 cm³/mol. The van der Waals surface area contributed by atoms with Gasteiger partial charge in [-0.3, -0.25) is 4.79 Å². The van der Waals surface area contributed by atoms with E-state index in [0.717, 1.165) is 35.4 Å². The highest BCUT2D eigenvalue weighted by Gasteiger charge is 2.24. The third-order valence-electron chi connectivity index (χ3n) is 4.38. The fourth-order valence-corrected chi connectivity index (χ4v) is 3.65. The van der Waals surface area contributed by atoms with Crippen molar-refractivity contribution in [3.8, 4) is 11.5 Å². The molecule has 1 fully saturated rings. The molecule has 8 heteroatoms. The molecule has 3 rings (SSSR count). The molecule has 1 amide bonds. The molecule has 1 saturated heterocycles. The van der Waals surface area contributed by atoms with Crippen molar-refractivity contribution in [3.63, 3.8) is 0 Å². The Hall–Kier alpha value is -2.10. The Kier molecular flexibility index (Phi) is 6.12. The third-order valence-corrected chi connectivity index (χ3v) is 5.28. The SMILES string of the molecule is COc1cc(I)c(C(=O)NC2CCN(c3ncccn3)CC2)cc1OC. The van der Waals surface area contributed by atoms with Crippen LogP contribution in [0.25, 0.3) is 0 Å². The van der Waals surface area contributed by atoms with Gasteiger partial charge in [0.1, 0.15) is 0 Å². The second-order valence-corrected chi connectivity index (χ2v) is 7.13. The zero-order chi connectivity index (χ0) is 18.5. The summed E-state index contributed by atoms with van der Waals surface area (Å²) >= 11 is 2.14. The minimum Gasteiger partial charge on any atom is -0.493 e. The number of benzene rings is 1. The van der Waals surface area contributed by atoms with E-state index in [1.165, 1.54) is 0 Å². The van der Waals surface area contributed by atoms with Gasteiger partial charge in [-0.25, -0.2) is 9.97 Å². The number of ether oxygens (including phenoxy) is 2. The quantitative estimate of drug-likeness (QED) is 0.680. The summed E-state index contributed by atoms with van der Waals surface area (Å²) in [5, 5.41) is 3.13. The summed E-state index contributed by atoms with van der Waals surface area (Å²) in [5.41, 5.74) is 0.595. The van der Waals surface area contributed by atoms with Gasteiger partial charge in [-0.1, -0.05) is 0 Å². The van der Waals surface area contributed by atoms with E-state index in [1.807, 2.05) is 6.07 Å². The van der Waals surface area contributed by atoms with Crippen molar-refractivity contribution < 1.29 is 14.3 Å². The molecule has 2 heterocycles. The van der Waals surface area contributed by atoms with E-state index in [4.69, 9.17) is 9.47 Å². The molecule has 7 nitrogen and oxygen atoms in total. The number of methoxy groups -OCH3 is 2. The number of nitrogens with zero attached hydrogens (tertiary/aromatic N) is 3. The van der Waals surface area contributed by atoms with Crippen LogP contribution in [-0.2, 0) is 0 Å². The van der Waals surface area contributed by atoms with Crippen molar-refractivity contribution in [2.24, 2.45) is 0 Å². The van der Waals surface area contributed by atoms with Gasteiger partial charge in [0.05, 0.1) is 19.8 Å². The Morgan fingerprint density at radius 2 is 1.77 bits per heavy atom. The number of piperidine rings is 1. The highest BCUT2D eigenvalue weighted by molar-refractivity contribution is 14.1. The van der Waals surface area contributed by atoms with Crippen LogP contribution in [0.3, 0.4) is 0 Å². The predicted octanol–water partition coefficient (Wildman–Crippen LogP) is 2.50. The number of aromatic nitrogens is 2. The van der Waals surface area contributed by atoms with Crippen molar-refractivity contribution in [1.82, 2.24) is 15.3 Å². The summed E-state index contributed by atoms with van der Waals surface area (Å²) in [6.07, 6.45) is 5.20. The Labute approximate surface area is 166 Å². The van der Waals surface area contributed by atoms with Gasteiger partial charge in [0, 0.05) is 35.1 Å². The number of hydrogen-bond acceptors (Lipinski definition) is 6. The largest absolute Gasteiger partial charge is 0.493 e. The molecule has 1 aliphatic heterocycles. The maximum Gasteiger partial charge on any atom is 0.252 e. The average Bonchev–Trinajstić information content (AvgIpc) is 2.68. The second-order valence-electron chi connectivity index (χ2n) is 5.97. The van der Waals surface area contributed by atoms with E-state index in [2.05, 4.69) is 42.8 Å². The fourth-order valence-electron chi connectivity index (χ4n) is 2.97. The van der Waals surface area contributed by atoms with Gasteiger partial charge in [0.15, 0.2) is 11.5 Å². The molecular weight excluding hydrogens is 447 g/mol. The molecule has 0 atom stereocenters. The zero-order valence-electron chi connectivity index (χ0n) is 14.7. The first-order valence-corrected chi connectivity index (χ1v) is 9.44. The van der Waals surface area contributed by atoms with Gasteiger partial charge in [-0.05, 0) is 53.6 Å². The molecule has 0 unspecified atom stereocenters. The van der Waals surface area contributed by atoms with Crippen molar-refractivity contribution in [2.75, 3.05) is 32.2 Å². The summed E-state index contributed by atoms with van der Waals surface area (Å²) in [5.74, 6) is 1.82. The lowest BCUT2D eigenvalue weighted by molar-refractivity contribution is 0.0929. The molecule has 1 N–H and O–H groups in total. The van der Waals surface area contributed by atoms with Crippen LogP contribution >= 0.6 is 22.6 Å². The molecule has 0 spiro atoms. The third kappa shape index (κ3) is 4.17. The topological polar surface area (TPSA) is 76.6 Å². The smallest absolute Gasteiger partial charge is 0.252 e. The Balaban J connectivity index is 1.63. The van der Waals surface area contributed by atoms with E-state index in [9.17, 15) is 4.79 Å². The maximum absolute atomic E-state index is 12.7. The number of nitrogens with one attached hydrogen (secondary N) is 1. The summed E-state index contributed by atoms with van der Waals surface area (Å²) in [6.45, 7) is 1.63. The summed E-state index contributed by atoms with van der Waals surface area (Å²) < 4.78 is 11.4. The van der Waals surface area contributed by atoms with Gasteiger partial charge < -0.3 is 19.7 Å². The van der Waals surface area contributed by atoms with Crippen LogP contribution in [-0.4, -0.2) is 49.2 Å². The number of carbonyl (C=O) groups is 1. The number of rotatable bonds is 5. The maximum atomic E-state index is 12.7. The van der Waals surface area contributed by atoms with Gasteiger partial charge in [-0.2, -0.15) is 0 Å². The van der Waals surface area contributed by atoms with Crippen LogP contribution in [0.2, 0.25) is 0 Å². The van der Waals surface area contributed by atoms with Gasteiger partial charge in [0.2, 0.25) is 5.95 Å². The van der Waals surface area contributed by atoms with Gasteiger partial charge in [-0.15, -0.1) is 0 Å². The average molecular weight is 468 g/mol. The first kappa shape index (κ1) is 18.7. The number of halogens is 1. The monoisotopic (exact) mass is 468 g/mol. The zero-order valence-corrected chi connectivity index (χ0v) is 16.9. The van der Waals surface area contributed by atoms with Crippen LogP contribution in [0.5, 0.6) is 11.5 Å². The van der Waals surface area contributed by atoms with E-state index in [-0.39, 0.29) is 11.9 Å². The normalized spacial score (nSPS) is 14.8. The highest BCUT2D eigenvalue weighted by atomic mass is 127. The van der Waals surface area contributed by atoms with E-state index >= 15 is 0 Å². The Bertz CT molecular complexity index is 765. The molecular formula is C18H21IN4O3.